The molecule has 0 aliphatic rings. The van der Waals surface area contributed by atoms with Gasteiger partial charge in [0.1, 0.15) is 0 Å². The van der Waals surface area contributed by atoms with E-state index in [1.165, 1.54) is 0 Å². The second-order valence-electron chi connectivity index (χ2n) is 2.65. The number of nitrogens with two attached hydrogens (primary N) is 1. The van der Waals surface area contributed by atoms with Gasteiger partial charge in [0.05, 0.1) is 0 Å². The lowest BCUT2D eigenvalue weighted by Crippen LogP contribution is -1.98. The number of hydrogen-bond donors (Lipinski definition) is 1. The monoisotopic (exact) mass is 181 g/mol. The third-order valence-electron chi connectivity index (χ3n) is 1.70. The minimum Gasteiger partial charge on any atom is -0.330 e. The largest absolute Gasteiger partial charge is 0.330 e. The Labute approximate surface area is 77.8 Å². The molecule has 0 bridgehead atoms. The fourth-order valence-electron chi connectivity index (χ4n) is 1.00. The zero-order valence-electron chi connectivity index (χ0n) is 6.89. The van der Waals surface area contributed by atoms with E-state index in [-0.39, 0.29) is 0 Å². The van der Waals surface area contributed by atoms with Crippen molar-refractivity contribution in [3.8, 4) is 0 Å². The third kappa shape index (κ3) is 2.36. The maximum Gasteiger partial charge on any atom is 0.0406 e. The predicted molar refractivity (Wildman–Crippen MR) is 54.2 cm³/mol. The van der Waals surface area contributed by atoms with E-state index in [2.05, 4.69) is 6.58 Å². The number of hydrogen-bond acceptors (Lipinski definition) is 1. The highest BCUT2D eigenvalue weighted by Crippen LogP contribution is 2.17. The van der Waals surface area contributed by atoms with E-state index in [1.807, 2.05) is 24.3 Å². The Hall–Kier alpha value is -0.790. The van der Waals surface area contributed by atoms with Gasteiger partial charge in [0.25, 0.3) is 0 Å². The minimum atomic E-state index is 0.640. The molecule has 12 heavy (non-hydrogen) atoms. The second-order valence-corrected chi connectivity index (χ2v) is 3.09. The van der Waals surface area contributed by atoms with Crippen molar-refractivity contribution in [2.45, 2.75) is 6.42 Å². The fraction of sp³-hybridized carbons (Fsp3) is 0.200. The van der Waals surface area contributed by atoms with Crippen LogP contribution < -0.4 is 5.73 Å². The van der Waals surface area contributed by atoms with Gasteiger partial charge in [-0.25, -0.2) is 0 Å². The summed E-state index contributed by atoms with van der Waals surface area (Å²) in [4.78, 5) is 0. The Kier molecular flexibility index (Phi) is 3.32. The van der Waals surface area contributed by atoms with Crippen LogP contribution in [0.2, 0.25) is 5.02 Å². The van der Waals surface area contributed by atoms with Gasteiger partial charge in [0.15, 0.2) is 0 Å². The van der Waals surface area contributed by atoms with Gasteiger partial charge in [-0.2, -0.15) is 0 Å². The molecule has 0 heterocycles. The normalized spacial score (nSPS) is 9.83. The Balaban J connectivity index is 2.75. The van der Waals surface area contributed by atoms with E-state index < -0.39 is 0 Å². The first kappa shape index (κ1) is 9.30. The molecule has 0 aromatic heterocycles. The molecule has 0 aliphatic carbocycles. The number of halogens is 1. The van der Waals surface area contributed by atoms with E-state index in [0.717, 1.165) is 22.6 Å². The maximum absolute atomic E-state index is 5.74. The van der Waals surface area contributed by atoms with Crippen molar-refractivity contribution >= 4 is 17.2 Å². The van der Waals surface area contributed by atoms with E-state index >= 15 is 0 Å². The van der Waals surface area contributed by atoms with Crippen LogP contribution in [0.5, 0.6) is 0 Å². The smallest absolute Gasteiger partial charge is 0.0406 e. The molecule has 1 aromatic rings. The van der Waals surface area contributed by atoms with Gasteiger partial charge in [0, 0.05) is 5.02 Å². The summed E-state index contributed by atoms with van der Waals surface area (Å²) < 4.78 is 0. The highest BCUT2D eigenvalue weighted by molar-refractivity contribution is 6.30. The summed E-state index contributed by atoms with van der Waals surface area (Å²) in [5, 5.41) is 0.749. The summed E-state index contributed by atoms with van der Waals surface area (Å²) in [5.41, 5.74) is 7.59. The molecular weight excluding hydrogens is 170 g/mol. The van der Waals surface area contributed by atoms with Crippen LogP contribution >= 0.6 is 11.6 Å². The average Bonchev–Trinajstić information content (AvgIpc) is 2.06. The van der Waals surface area contributed by atoms with Gasteiger partial charge in [-0.05, 0) is 36.2 Å². The minimum absolute atomic E-state index is 0.640. The Morgan fingerprint density at radius 3 is 2.42 bits per heavy atom. The van der Waals surface area contributed by atoms with Crippen molar-refractivity contribution in [2.75, 3.05) is 6.54 Å². The molecule has 0 atom stereocenters. The molecular formula is C10H12ClN. The molecule has 0 fully saturated rings. The van der Waals surface area contributed by atoms with Crippen LogP contribution in [0.3, 0.4) is 0 Å². The van der Waals surface area contributed by atoms with Crippen LogP contribution in [0.4, 0.5) is 0 Å². The lowest BCUT2D eigenvalue weighted by atomic mass is 10.1. The summed E-state index contributed by atoms with van der Waals surface area (Å²) in [6, 6.07) is 7.64. The van der Waals surface area contributed by atoms with E-state index in [9.17, 15) is 0 Å². The van der Waals surface area contributed by atoms with Gasteiger partial charge in [-0.15, -0.1) is 0 Å². The van der Waals surface area contributed by atoms with Crippen LogP contribution in [0, 0.1) is 0 Å². The van der Waals surface area contributed by atoms with Crippen molar-refractivity contribution in [1.29, 1.82) is 0 Å². The fourth-order valence-corrected chi connectivity index (χ4v) is 1.13. The molecule has 0 saturated carbocycles. The van der Waals surface area contributed by atoms with Crippen molar-refractivity contribution in [2.24, 2.45) is 5.73 Å². The first-order valence-electron chi connectivity index (χ1n) is 3.88. The molecule has 1 nitrogen and oxygen atoms in total. The van der Waals surface area contributed by atoms with Crippen molar-refractivity contribution in [3.05, 3.63) is 41.4 Å². The van der Waals surface area contributed by atoms with Crippen LogP contribution in [0.25, 0.3) is 5.57 Å². The Morgan fingerprint density at radius 1 is 1.33 bits per heavy atom. The van der Waals surface area contributed by atoms with Gasteiger partial charge in [-0.3, -0.25) is 0 Å². The van der Waals surface area contributed by atoms with Crippen LogP contribution in [0.1, 0.15) is 12.0 Å². The molecule has 0 aliphatic heterocycles. The summed E-state index contributed by atoms with van der Waals surface area (Å²) >= 11 is 5.74. The molecule has 64 valence electrons. The average molecular weight is 182 g/mol. The van der Waals surface area contributed by atoms with Crippen molar-refractivity contribution in [1.82, 2.24) is 0 Å². The summed E-state index contributed by atoms with van der Waals surface area (Å²) in [5.74, 6) is 0. The Morgan fingerprint density at radius 2 is 1.92 bits per heavy atom. The van der Waals surface area contributed by atoms with Crippen LogP contribution in [-0.4, -0.2) is 6.54 Å². The van der Waals surface area contributed by atoms with Gasteiger partial charge < -0.3 is 5.73 Å². The molecule has 2 N–H and O–H groups in total. The van der Waals surface area contributed by atoms with Crippen molar-refractivity contribution < 1.29 is 0 Å². The van der Waals surface area contributed by atoms with Gasteiger partial charge in [0.2, 0.25) is 0 Å². The van der Waals surface area contributed by atoms with E-state index in [0.29, 0.717) is 6.54 Å². The summed E-state index contributed by atoms with van der Waals surface area (Å²) in [6.45, 7) is 4.56. The standard InChI is InChI=1S/C10H12ClN/c1-8(6-7-12)9-2-4-10(11)5-3-9/h2-5H,1,6-7,12H2. The maximum atomic E-state index is 5.74. The number of rotatable bonds is 3. The highest BCUT2D eigenvalue weighted by atomic mass is 35.5. The zero-order valence-corrected chi connectivity index (χ0v) is 7.64. The van der Waals surface area contributed by atoms with Gasteiger partial charge in [-0.1, -0.05) is 30.3 Å². The third-order valence-corrected chi connectivity index (χ3v) is 1.95. The summed E-state index contributed by atoms with van der Waals surface area (Å²) in [7, 11) is 0. The predicted octanol–water partition coefficient (Wildman–Crippen LogP) is 2.70. The zero-order chi connectivity index (χ0) is 8.97. The molecule has 0 spiro atoms. The molecule has 1 aromatic carbocycles. The SMILES string of the molecule is C=C(CCN)c1ccc(Cl)cc1. The lowest BCUT2D eigenvalue weighted by molar-refractivity contribution is 1.02. The molecule has 0 saturated heterocycles. The summed E-state index contributed by atoms with van der Waals surface area (Å²) in [6.07, 6.45) is 0.835. The molecule has 2 heteroatoms. The first-order valence-corrected chi connectivity index (χ1v) is 4.25. The van der Waals surface area contributed by atoms with Gasteiger partial charge >= 0.3 is 0 Å². The first-order chi connectivity index (χ1) is 5.74. The van der Waals surface area contributed by atoms with E-state index in [1.54, 1.807) is 0 Å². The Bertz CT molecular complexity index is 264. The molecule has 0 radical (unpaired) electrons. The quantitative estimate of drug-likeness (QED) is 0.763. The molecule has 0 unspecified atom stereocenters. The number of benzene rings is 1. The topological polar surface area (TPSA) is 26.0 Å². The van der Waals surface area contributed by atoms with Crippen molar-refractivity contribution in [3.63, 3.8) is 0 Å². The second kappa shape index (κ2) is 4.29. The van der Waals surface area contributed by atoms with Crippen LogP contribution in [-0.2, 0) is 0 Å². The van der Waals surface area contributed by atoms with E-state index in [4.69, 9.17) is 17.3 Å². The lowest BCUT2D eigenvalue weighted by Gasteiger charge is -2.03. The highest BCUT2D eigenvalue weighted by Gasteiger charge is 1.96. The molecule has 1 rings (SSSR count). The van der Waals surface area contributed by atoms with Crippen LogP contribution in [0.15, 0.2) is 30.8 Å². The molecule has 0 amide bonds.